The molecule has 5 atom stereocenters. The molecule has 3 N–H and O–H groups in total. The Kier molecular flexibility index (Phi) is 74.5. The minimum absolute atomic E-state index is 0.0697. The maximum atomic E-state index is 13.1. The molecule has 0 fully saturated rings. The second-order valence-electron chi connectivity index (χ2n) is 26.2. The van der Waals surface area contributed by atoms with Gasteiger partial charge in [0.2, 0.25) is 0 Å². The average molecular weight is 1550 g/mol. The molecule has 0 amide bonds. The summed E-state index contributed by atoms with van der Waals surface area (Å²) in [6.45, 7) is 4.24. The van der Waals surface area contributed by atoms with Crippen LogP contribution in [0.1, 0.15) is 285 Å². The molecule has 19 heteroatoms. The number of esters is 4. The van der Waals surface area contributed by atoms with Gasteiger partial charge in [-0.15, -0.1) is 0 Å². The first kappa shape index (κ1) is 102. The van der Waals surface area contributed by atoms with Crippen LogP contribution in [0, 0.1) is 0 Å². The molecule has 0 bridgehead atoms. The highest BCUT2D eigenvalue weighted by Gasteiger charge is 2.30. The largest absolute Gasteiger partial charge is 0.472 e. The minimum Gasteiger partial charge on any atom is -0.462 e. The van der Waals surface area contributed by atoms with Crippen LogP contribution in [0.15, 0.2) is 194 Å². The Hall–Kier alpha value is -6.10. The summed E-state index contributed by atoms with van der Waals surface area (Å²) in [4.78, 5) is 73.1. The fourth-order valence-corrected chi connectivity index (χ4v) is 11.6. The standard InChI is InChI=1S/C89H142O17P2/c1-5-9-13-17-21-25-29-33-37-40-41-44-47-50-54-58-62-66-70-74-87(92)100-80-85(106-89(94)76-72-68-64-60-56-52-48-43-39-35-31-27-23-19-15-11-7-3)82-104-108(97,98)102-78-83(90)77-101-107(95,96)103-81-84(105-88(93)75-71-67-63-59-55-51-45-36-32-28-24-20-16-12-8-4)79-99-86(91)73-69-65-61-57-53-49-46-42-38-34-30-26-22-18-14-10-6-2/h9-16,21-28,33-39,41,44-46,49,55,59,67,71,83-85,90H,5-8,17-20,29-32,40,42-43,47-48,50-54,56-58,60-66,68-70,72-82H2,1-4H3,(H,95,96)(H,97,98)/b13-9-,14-10-,15-11-,16-12-,25-21-,26-22-,27-23-,28-24-,37-33-,38-34-,39-35-,44-41-,45-36-,49-46-,59-55-,71-67-. The fourth-order valence-electron chi connectivity index (χ4n) is 10.1. The van der Waals surface area contributed by atoms with Crippen molar-refractivity contribution in [3.8, 4) is 0 Å². The van der Waals surface area contributed by atoms with Crippen LogP contribution in [0.3, 0.4) is 0 Å². The molecule has 5 unspecified atom stereocenters. The first-order valence-corrected chi connectivity index (χ1v) is 43.7. The van der Waals surface area contributed by atoms with E-state index in [1.807, 2.05) is 12.2 Å². The van der Waals surface area contributed by atoms with Crippen molar-refractivity contribution < 1.29 is 80.2 Å². The molecule has 610 valence electrons. The number of hydrogen-bond donors (Lipinski definition) is 3. The summed E-state index contributed by atoms with van der Waals surface area (Å²) in [7, 11) is -10.0. The summed E-state index contributed by atoms with van der Waals surface area (Å²) in [6.07, 6.45) is 97.2. The molecule has 0 aromatic carbocycles. The van der Waals surface area contributed by atoms with Crippen molar-refractivity contribution >= 4 is 39.5 Å². The van der Waals surface area contributed by atoms with E-state index in [0.717, 1.165) is 205 Å². The van der Waals surface area contributed by atoms with Gasteiger partial charge in [0.1, 0.15) is 19.3 Å². The SMILES string of the molecule is CC/C=C\C/C=C\C/C=C\C/C=C\C/C=C\CC(=O)OC(COC(=O)CCCCCC/C=C\C/C=C\C/C=C\C/C=C\CC)COP(=O)(O)OCC(O)COP(=O)(O)OCC(COC(=O)CCCCCCCC/C=C\C/C=C\C/C=C\C/C=C\CC)OC(=O)CCCCCCCCC/C=C\C/C=C\C/C=C\CC. The number of carbonyl (C=O) groups excluding carboxylic acids is 4. The lowest BCUT2D eigenvalue weighted by Gasteiger charge is -2.21. The third kappa shape index (κ3) is 78.0. The van der Waals surface area contributed by atoms with Crippen LogP contribution < -0.4 is 0 Å². The van der Waals surface area contributed by atoms with Gasteiger partial charge in [0.05, 0.1) is 32.8 Å². The summed E-state index contributed by atoms with van der Waals surface area (Å²) in [5.41, 5.74) is 0. The smallest absolute Gasteiger partial charge is 0.462 e. The van der Waals surface area contributed by atoms with Gasteiger partial charge in [-0.2, -0.15) is 0 Å². The normalized spacial score (nSPS) is 14.8. The van der Waals surface area contributed by atoms with Crippen LogP contribution in [-0.2, 0) is 65.4 Å². The lowest BCUT2D eigenvalue weighted by Crippen LogP contribution is -2.30. The topological polar surface area (TPSA) is 237 Å². The zero-order valence-electron chi connectivity index (χ0n) is 66.7. The van der Waals surface area contributed by atoms with Crippen LogP contribution in [-0.4, -0.2) is 96.7 Å². The van der Waals surface area contributed by atoms with Crippen molar-refractivity contribution in [1.29, 1.82) is 0 Å². The predicted octanol–water partition coefficient (Wildman–Crippen LogP) is 24.1. The molecule has 0 aromatic rings. The highest BCUT2D eigenvalue weighted by molar-refractivity contribution is 7.47. The second kappa shape index (κ2) is 79.0. The van der Waals surface area contributed by atoms with Gasteiger partial charge in [-0.1, -0.05) is 293 Å². The van der Waals surface area contributed by atoms with E-state index in [1.165, 1.54) is 0 Å². The molecule has 0 aliphatic rings. The monoisotopic (exact) mass is 1540 g/mol. The molecule has 0 aliphatic carbocycles. The highest BCUT2D eigenvalue weighted by atomic mass is 31.2. The maximum Gasteiger partial charge on any atom is 0.472 e. The predicted molar refractivity (Wildman–Crippen MR) is 445 cm³/mol. The molecular weight excluding hydrogens is 1400 g/mol. The third-order valence-electron chi connectivity index (χ3n) is 16.1. The zero-order valence-corrected chi connectivity index (χ0v) is 68.5. The molecule has 108 heavy (non-hydrogen) atoms. The van der Waals surface area contributed by atoms with Crippen molar-refractivity contribution in [3.63, 3.8) is 0 Å². The van der Waals surface area contributed by atoms with E-state index in [4.69, 9.17) is 37.0 Å². The van der Waals surface area contributed by atoms with E-state index in [1.54, 1.807) is 12.2 Å². The molecule has 0 heterocycles. The van der Waals surface area contributed by atoms with Gasteiger partial charge in [-0.3, -0.25) is 37.3 Å². The molecule has 0 spiro atoms. The van der Waals surface area contributed by atoms with Gasteiger partial charge in [-0.25, -0.2) is 9.13 Å². The van der Waals surface area contributed by atoms with Gasteiger partial charge in [0.15, 0.2) is 12.2 Å². The lowest BCUT2D eigenvalue weighted by atomic mass is 10.1. The Morgan fingerprint density at radius 1 is 0.269 bits per heavy atom. The molecule has 0 saturated heterocycles. The maximum absolute atomic E-state index is 13.1. The number of unbranched alkanes of at least 4 members (excludes halogenated alkanes) is 17. The third-order valence-corrected chi connectivity index (χ3v) is 18.0. The van der Waals surface area contributed by atoms with E-state index < -0.39 is 97.5 Å². The lowest BCUT2D eigenvalue weighted by molar-refractivity contribution is -0.161. The van der Waals surface area contributed by atoms with Crippen LogP contribution in [0.2, 0.25) is 0 Å². The molecule has 0 aliphatic heterocycles. The fraction of sp³-hybridized carbons (Fsp3) is 0.596. The van der Waals surface area contributed by atoms with Gasteiger partial charge in [-0.05, 0) is 161 Å². The summed E-state index contributed by atoms with van der Waals surface area (Å²) >= 11 is 0. The Bertz CT molecular complexity index is 2810. The minimum atomic E-state index is -5.02. The molecule has 0 radical (unpaired) electrons. The van der Waals surface area contributed by atoms with Crippen LogP contribution in [0.4, 0.5) is 0 Å². The number of aliphatic hydroxyl groups excluding tert-OH is 1. The first-order chi connectivity index (χ1) is 52.7. The molecule has 17 nitrogen and oxygen atoms in total. The van der Waals surface area contributed by atoms with Crippen molar-refractivity contribution in [2.24, 2.45) is 0 Å². The molecule has 0 aromatic heterocycles. The van der Waals surface area contributed by atoms with Crippen molar-refractivity contribution in [2.75, 3.05) is 39.6 Å². The molecule has 0 rings (SSSR count). The summed E-state index contributed by atoms with van der Waals surface area (Å²) in [5, 5.41) is 10.7. The number of hydrogen-bond acceptors (Lipinski definition) is 15. The Labute approximate surface area is 653 Å². The van der Waals surface area contributed by atoms with Gasteiger partial charge in [0, 0.05) is 19.3 Å². The number of phosphoric ester groups is 2. The summed E-state index contributed by atoms with van der Waals surface area (Å²) in [6, 6.07) is 0. The van der Waals surface area contributed by atoms with Gasteiger partial charge in [0.25, 0.3) is 0 Å². The van der Waals surface area contributed by atoms with Crippen molar-refractivity contribution in [1.82, 2.24) is 0 Å². The van der Waals surface area contributed by atoms with Crippen LogP contribution in [0.5, 0.6) is 0 Å². The number of aliphatic hydroxyl groups is 1. The van der Waals surface area contributed by atoms with E-state index in [9.17, 15) is 43.2 Å². The first-order valence-electron chi connectivity index (χ1n) is 40.7. The number of ether oxygens (including phenoxy) is 4. The van der Waals surface area contributed by atoms with Crippen molar-refractivity contribution in [2.45, 2.75) is 303 Å². The van der Waals surface area contributed by atoms with E-state index in [-0.39, 0.29) is 25.7 Å². The Morgan fingerprint density at radius 2 is 0.491 bits per heavy atom. The van der Waals surface area contributed by atoms with Gasteiger partial charge < -0.3 is 33.8 Å². The molecule has 0 saturated carbocycles. The number of rotatable bonds is 74. The molecular formula is C89H142O17P2. The van der Waals surface area contributed by atoms with Gasteiger partial charge >= 0.3 is 39.5 Å². The van der Waals surface area contributed by atoms with E-state index in [2.05, 4.69) is 198 Å². The zero-order chi connectivity index (χ0) is 78.9. The van der Waals surface area contributed by atoms with Crippen LogP contribution in [0.25, 0.3) is 0 Å². The summed E-state index contributed by atoms with van der Waals surface area (Å²) < 4.78 is 68.5. The summed E-state index contributed by atoms with van der Waals surface area (Å²) in [5.74, 6) is -2.39. The number of allylic oxidation sites excluding steroid dienone is 31. The Morgan fingerprint density at radius 3 is 0.778 bits per heavy atom. The highest BCUT2D eigenvalue weighted by Crippen LogP contribution is 2.45. The quantitative estimate of drug-likeness (QED) is 0.0169. The second-order valence-corrected chi connectivity index (χ2v) is 29.1. The number of carbonyl (C=O) groups is 4. The van der Waals surface area contributed by atoms with Crippen LogP contribution >= 0.6 is 15.6 Å². The average Bonchev–Trinajstić information content (AvgIpc) is 0.907. The number of phosphoric acid groups is 2. The Balaban J connectivity index is 5.49. The van der Waals surface area contributed by atoms with E-state index in [0.29, 0.717) is 25.7 Å². The van der Waals surface area contributed by atoms with E-state index >= 15 is 0 Å². The van der Waals surface area contributed by atoms with Crippen molar-refractivity contribution in [3.05, 3.63) is 194 Å².